The lowest BCUT2D eigenvalue weighted by Gasteiger charge is -2.57. The lowest BCUT2D eigenvalue weighted by molar-refractivity contribution is -0.151. The van der Waals surface area contributed by atoms with Crippen LogP contribution in [0.3, 0.4) is 0 Å². The normalized spacial score (nSPS) is 32.2. The van der Waals surface area contributed by atoms with Gasteiger partial charge in [0.2, 0.25) is 0 Å². The van der Waals surface area contributed by atoms with Gasteiger partial charge < -0.3 is 9.47 Å². The molecule has 0 bridgehead atoms. The number of carbonyl (C=O) groups is 2. The number of piperidine rings is 2. The van der Waals surface area contributed by atoms with Crippen molar-refractivity contribution in [2.45, 2.75) is 115 Å². The molecule has 0 aromatic rings. The molecule has 2 saturated heterocycles. The summed E-state index contributed by atoms with van der Waals surface area (Å²) in [6.07, 6.45) is 6.15. The molecule has 2 fully saturated rings. The molecule has 2 rings (SSSR count). The minimum absolute atomic E-state index is 0.220. The van der Waals surface area contributed by atoms with Gasteiger partial charge in [-0.1, -0.05) is 25.3 Å². The SMILES string of the molecule is C=CC1(C)CC(OC(=O)C(=C)C)CC(C)(C)N1SSN1C(C)(C)CC(OC(=O)C(=C)C)CC1(C)C=C. The molecule has 0 aromatic heterocycles. The van der Waals surface area contributed by atoms with Crippen molar-refractivity contribution in [3.63, 3.8) is 0 Å². The van der Waals surface area contributed by atoms with Crippen LogP contribution in [0.15, 0.2) is 49.6 Å². The summed E-state index contributed by atoms with van der Waals surface area (Å²) in [4.78, 5) is 24.4. The Morgan fingerprint density at radius 3 is 1.28 bits per heavy atom. The minimum atomic E-state index is -0.399. The van der Waals surface area contributed by atoms with Crippen molar-refractivity contribution in [3.8, 4) is 0 Å². The summed E-state index contributed by atoms with van der Waals surface area (Å²) in [6.45, 7) is 32.0. The van der Waals surface area contributed by atoms with Gasteiger partial charge in [0.15, 0.2) is 0 Å². The Hall–Kier alpha value is -1.48. The Balaban J connectivity index is 2.25. The molecule has 0 amide bonds. The number of nitrogens with zero attached hydrogens (tertiary/aromatic N) is 2. The van der Waals surface area contributed by atoms with Gasteiger partial charge in [-0.2, -0.15) is 0 Å². The first-order valence-electron chi connectivity index (χ1n) is 12.4. The van der Waals surface area contributed by atoms with Gasteiger partial charge in [-0.15, -0.1) is 13.2 Å². The van der Waals surface area contributed by atoms with Crippen molar-refractivity contribution in [2.75, 3.05) is 0 Å². The zero-order valence-corrected chi connectivity index (χ0v) is 24.9. The lowest BCUT2D eigenvalue weighted by atomic mass is 9.79. The number of hydrogen-bond acceptors (Lipinski definition) is 8. The van der Waals surface area contributed by atoms with Gasteiger partial charge in [-0.3, -0.25) is 0 Å². The van der Waals surface area contributed by atoms with Gasteiger partial charge in [-0.05, 0) is 55.4 Å². The van der Waals surface area contributed by atoms with Crippen LogP contribution in [0, 0.1) is 0 Å². The summed E-state index contributed by atoms with van der Waals surface area (Å²) < 4.78 is 16.3. The predicted octanol–water partition coefficient (Wildman–Crippen LogP) is 6.81. The molecular weight excluding hydrogens is 492 g/mol. The third-order valence-electron chi connectivity index (χ3n) is 7.07. The molecule has 6 nitrogen and oxygen atoms in total. The topological polar surface area (TPSA) is 59.1 Å². The standard InChI is InChI=1S/C28H44N2O4S2/c1-13-27(11)17-21(33-23(31)19(3)4)15-25(7,8)29(27)35-36-30-26(9,10)16-22(18-28(30,12)14-2)34-24(32)20(5)6/h13-14,21-22H,1-3,5,15-18H2,4,6-12H3. The summed E-state index contributed by atoms with van der Waals surface area (Å²) >= 11 is 0. The second-order valence-corrected chi connectivity index (χ2v) is 13.8. The molecule has 0 spiro atoms. The number of rotatable bonds is 9. The fourth-order valence-corrected chi connectivity index (χ4v) is 9.29. The monoisotopic (exact) mass is 536 g/mol. The van der Waals surface area contributed by atoms with E-state index in [1.54, 1.807) is 35.8 Å². The highest BCUT2D eigenvalue weighted by Gasteiger charge is 2.52. The van der Waals surface area contributed by atoms with Crippen LogP contribution in [0.25, 0.3) is 0 Å². The maximum Gasteiger partial charge on any atom is 0.333 e. The zero-order chi connectivity index (χ0) is 27.7. The molecule has 0 saturated carbocycles. The van der Waals surface area contributed by atoms with Crippen LogP contribution in [0.5, 0.6) is 0 Å². The van der Waals surface area contributed by atoms with E-state index in [1.165, 1.54) is 0 Å². The molecule has 0 aliphatic carbocycles. The Kier molecular flexibility index (Phi) is 9.48. The highest BCUT2D eigenvalue weighted by atomic mass is 33.1. The molecule has 0 aromatic carbocycles. The number of esters is 2. The Bertz CT molecular complexity index is 857. The van der Waals surface area contributed by atoms with Crippen molar-refractivity contribution in [3.05, 3.63) is 49.6 Å². The summed E-state index contributed by atoms with van der Waals surface area (Å²) in [7, 11) is 3.37. The quantitative estimate of drug-likeness (QED) is 0.105. The van der Waals surface area contributed by atoms with E-state index < -0.39 is 11.1 Å². The van der Waals surface area contributed by atoms with Crippen molar-refractivity contribution < 1.29 is 19.1 Å². The third-order valence-corrected chi connectivity index (χ3v) is 10.4. The first-order valence-corrected chi connectivity index (χ1v) is 14.4. The van der Waals surface area contributed by atoms with E-state index in [9.17, 15) is 9.59 Å². The van der Waals surface area contributed by atoms with Gasteiger partial charge >= 0.3 is 11.9 Å². The lowest BCUT2D eigenvalue weighted by Crippen LogP contribution is -2.61. The molecule has 36 heavy (non-hydrogen) atoms. The van der Waals surface area contributed by atoms with E-state index >= 15 is 0 Å². The van der Waals surface area contributed by atoms with Gasteiger partial charge in [-0.25, -0.2) is 18.2 Å². The van der Waals surface area contributed by atoms with E-state index in [4.69, 9.17) is 9.47 Å². The molecule has 0 radical (unpaired) electrons. The van der Waals surface area contributed by atoms with Crippen LogP contribution in [-0.4, -0.2) is 54.9 Å². The second kappa shape index (κ2) is 11.1. The fourth-order valence-electron chi connectivity index (χ4n) is 5.34. The van der Waals surface area contributed by atoms with Crippen LogP contribution in [0.2, 0.25) is 0 Å². The zero-order valence-electron chi connectivity index (χ0n) is 23.3. The smallest absolute Gasteiger partial charge is 0.333 e. The van der Waals surface area contributed by atoms with E-state index in [0.717, 1.165) is 0 Å². The maximum atomic E-state index is 12.2. The minimum Gasteiger partial charge on any atom is -0.459 e. The van der Waals surface area contributed by atoms with Crippen LogP contribution in [-0.2, 0) is 19.1 Å². The molecule has 4 unspecified atom stereocenters. The van der Waals surface area contributed by atoms with Crippen LogP contribution >= 0.6 is 22.0 Å². The largest absolute Gasteiger partial charge is 0.459 e. The average Bonchev–Trinajstić information content (AvgIpc) is 2.73. The van der Waals surface area contributed by atoms with Crippen molar-refractivity contribution in [1.29, 1.82) is 0 Å². The van der Waals surface area contributed by atoms with Crippen molar-refractivity contribution in [1.82, 2.24) is 8.61 Å². The predicted molar refractivity (Wildman–Crippen MR) is 152 cm³/mol. The first kappa shape index (κ1) is 30.7. The van der Waals surface area contributed by atoms with E-state index in [0.29, 0.717) is 36.8 Å². The molecule has 2 heterocycles. The fraction of sp³-hybridized carbons (Fsp3) is 0.643. The highest BCUT2D eigenvalue weighted by molar-refractivity contribution is 8.74. The van der Waals surface area contributed by atoms with Crippen molar-refractivity contribution in [2.24, 2.45) is 0 Å². The second-order valence-electron chi connectivity index (χ2n) is 11.9. The van der Waals surface area contributed by atoms with Crippen molar-refractivity contribution >= 4 is 33.9 Å². The summed E-state index contributed by atoms with van der Waals surface area (Å²) in [5.74, 6) is -0.701. The van der Waals surface area contributed by atoms with Gasteiger partial charge in [0.25, 0.3) is 0 Å². The molecule has 2 aliphatic rings. The number of carbonyl (C=O) groups excluding carboxylic acids is 2. The van der Waals surface area contributed by atoms with Crippen LogP contribution in [0.4, 0.5) is 0 Å². The third kappa shape index (κ3) is 6.69. The molecule has 0 N–H and O–H groups in total. The van der Waals surface area contributed by atoms with E-state index in [-0.39, 0.29) is 35.2 Å². The highest BCUT2D eigenvalue weighted by Crippen LogP contribution is 2.54. The van der Waals surface area contributed by atoms with Gasteiger partial charge in [0.1, 0.15) is 12.2 Å². The Morgan fingerprint density at radius 2 is 1.03 bits per heavy atom. The molecule has 8 heteroatoms. The molecular formula is C28H44N2O4S2. The Morgan fingerprint density at radius 1 is 0.722 bits per heavy atom. The first-order chi connectivity index (χ1) is 16.4. The van der Waals surface area contributed by atoms with Gasteiger partial charge in [0.05, 0.1) is 11.1 Å². The van der Waals surface area contributed by atoms with Crippen LogP contribution < -0.4 is 0 Å². The summed E-state index contributed by atoms with van der Waals surface area (Å²) in [5.41, 5.74) is -0.536. The van der Waals surface area contributed by atoms with E-state index in [1.807, 2.05) is 12.2 Å². The van der Waals surface area contributed by atoms with Crippen LogP contribution in [0.1, 0.15) is 81.1 Å². The molecule has 202 valence electrons. The summed E-state index contributed by atoms with van der Waals surface area (Å²) in [6, 6.07) is 0. The number of hydrogen-bond donors (Lipinski definition) is 0. The average molecular weight is 537 g/mol. The Labute approximate surface area is 226 Å². The number of ether oxygens (including phenoxy) is 2. The molecule has 4 atom stereocenters. The summed E-state index contributed by atoms with van der Waals surface area (Å²) in [5, 5.41) is 0. The van der Waals surface area contributed by atoms with E-state index in [2.05, 4.69) is 76.5 Å². The maximum absolute atomic E-state index is 12.2. The van der Waals surface area contributed by atoms with Gasteiger partial charge in [0, 0.05) is 69.9 Å². The molecule has 2 aliphatic heterocycles.